The topological polar surface area (TPSA) is 26.3 Å². The number of benzene rings is 1. The predicted molar refractivity (Wildman–Crippen MR) is 46.1 cm³/mol. The van der Waals surface area contributed by atoms with Crippen molar-refractivity contribution in [2.75, 3.05) is 6.26 Å². The summed E-state index contributed by atoms with van der Waals surface area (Å²) in [5, 5.41) is 0.638. The van der Waals surface area contributed by atoms with Crippen molar-refractivity contribution >= 4 is 22.7 Å². The molecule has 60 valence electrons. The van der Waals surface area contributed by atoms with E-state index in [1.807, 2.05) is 0 Å². The Bertz CT molecular complexity index is 258. The van der Waals surface area contributed by atoms with Gasteiger partial charge in [0.25, 0.3) is 0 Å². The van der Waals surface area contributed by atoms with Crippen molar-refractivity contribution in [3.63, 3.8) is 0 Å². The lowest BCUT2D eigenvalue weighted by Crippen LogP contribution is -1.95. The Morgan fingerprint density at radius 3 is 2.36 bits per heavy atom. The second-order valence-corrected chi connectivity index (χ2v) is 3.34. The summed E-state index contributed by atoms with van der Waals surface area (Å²) in [4.78, 5) is 0. The van der Waals surface area contributed by atoms with Gasteiger partial charge in [0.2, 0.25) is 11.1 Å². The molecule has 4 heteroatoms. The van der Waals surface area contributed by atoms with Crippen LogP contribution in [0.2, 0.25) is 5.02 Å². The average Bonchev–Trinajstić information content (AvgIpc) is 1.93. The first-order valence-corrected chi connectivity index (χ1v) is 4.82. The molecule has 0 fully saturated rings. The minimum absolute atomic E-state index is 0.565. The number of hydrogen-bond acceptors (Lipinski definition) is 2. The summed E-state index contributed by atoms with van der Waals surface area (Å²) >= 11 is 4.35. The van der Waals surface area contributed by atoms with Crippen LogP contribution in [0.1, 0.15) is 0 Å². The molecule has 0 heterocycles. The zero-order valence-electron chi connectivity index (χ0n) is 5.91. The molecule has 1 atom stereocenters. The summed E-state index contributed by atoms with van der Waals surface area (Å²) in [5.41, 5.74) is 0. The first kappa shape index (κ1) is 8.56. The van der Waals surface area contributed by atoms with Crippen LogP contribution >= 0.6 is 11.6 Å². The first-order chi connectivity index (χ1) is 5.18. The summed E-state index contributed by atoms with van der Waals surface area (Å²) in [6, 6.07) is 6.71. The van der Waals surface area contributed by atoms with Gasteiger partial charge in [-0.1, -0.05) is 11.6 Å². The fourth-order valence-corrected chi connectivity index (χ4v) is 1.13. The van der Waals surface area contributed by atoms with E-state index in [2.05, 4.69) is 0 Å². The van der Waals surface area contributed by atoms with Gasteiger partial charge in [-0.2, -0.15) is 0 Å². The normalized spacial score (nSPS) is 12.5. The van der Waals surface area contributed by atoms with Gasteiger partial charge in [-0.25, -0.2) is 4.21 Å². The highest BCUT2D eigenvalue weighted by Crippen LogP contribution is 2.15. The summed E-state index contributed by atoms with van der Waals surface area (Å²) in [6.07, 6.45) is 1.47. The maximum atomic E-state index is 10.6. The second-order valence-electron chi connectivity index (χ2n) is 1.94. The van der Waals surface area contributed by atoms with E-state index in [1.54, 1.807) is 24.3 Å². The molecule has 11 heavy (non-hydrogen) atoms. The van der Waals surface area contributed by atoms with Crippen molar-refractivity contribution in [2.45, 2.75) is 0 Å². The summed E-state index contributed by atoms with van der Waals surface area (Å²) in [7, 11) is 0. The number of rotatable bonds is 2. The molecular formula is C7H7ClO2S. The van der Waals surface area contributed by atoms with Gasteiger partial charge in [-0.05, 0) is 24.3 Å². The van der Waals surface area contributed by atoms with E-state index < -0.39 is 11.1 Å². The molecule has 0 saturated carbocycles. The molecule has 0 bridgehead atoms. The third-order valence-corrected chi connectivity index (χ3v) is 1.71. The van der Waals surface area contributed by atoms with E-state index in [1.165, 1.54) is 6.26 Å². The molecule has 0 aliphatic heterocycles. The zero-order chi connectivity index (χ0) is 8.27. The van der Waals surface area contributed by atoms with Crippen molar-refractivity contribution < 1.29 is 8.39 Å². The summed E-state index contributed by atoms with van der Waals surface area (Å²) in [6.45, 7) is 0. The Kier molecular flexibility index (Phi) is 2.91. The van der Waals surface area contributed by atoms with Crippen molar-refractivity contribution in [1.29, 1.82) is 0 Å². The molecule has 0 N–H and O–H groups in total. The van der Waals surface area contributed by atoms with Gasteiger partial charge in [-0.15, -0.1) is 0 Å². The molecular weight excluding hydrogens is 184 g/mol. The number of hydrogen-bond donors (Lipinski definition) is 0. The minimum Gasteiger partial charge on any atom is -0.401 e. The van der Waals surface area contributed by atoms with Gasteiger partial charge in [0.15, 0.2) is 0 Å². The lowest BCUT2D eigenvalue weighted by atomic mass is 10.3. The van der Waals surface area contributed by atoms with Crippen LogP contribution in [0.4, 0.5) is 0 Å². The first-order valence-electron chi connectivity index (χ1n) is 2.96. The molecule has 0 radical (unpaired) electrons. The van der Waals surface area contributed by atoms with Crippen LogP contribution in [0, 0.1) is 0 Å². The van der Waals surface area contributed by atoms with Gasteiger partial charge in [0.05, 0.1) is 0 Å². The highest BCUT2D eigenvalue weighted by molar-refractivity contribution is 7.79. The maximum absolute atomic E-state index is 10.6. The van der Waals surface area contributed by atoms with E-state index in [0.29, 0.717) is 10.8 Å². The summed E-state index contributed by atoms with van der Waals surface area (Å²) in [5.74, 6) is 0.565. The molecule has 1 aromatic rings. The van der Waals surface area contributed by atoms with Crippen LogP contribution in [0.25, 0.3) is 0 Å². The standard InChI is InChI=1S/C7H7ClO2S/c1-11(9)10-7-4-2-6(8)3-5-7/h2-5H,1H3. The third kappa shape index (κ3) is 2.91. The monoisotopic (exact) mass is 190 g/mol. The van der Waals surface area contributed by atoms with Gasteiger partial charge in [-0.3, -0.25) is 0 Å². The molecule has 0 saturated heterocycles. The average molecular weight is 191 g/mol. The lowest BCUT2D eigenvalue weighted by molar-refractivity contribution is 0.568. The maximum Gasteiger partial charge on any atom is 0.203 e. The molecule has 0 spiro atoms. The van der Waals surface area contributed by atoms with Crippen molar-refractivity contribution in [2.24, 2.45) is 0 Å². The Labute approximate surface area is 72.8 Å². The van der Waals surface area contributed by atoms with Crippen molar-refractivity contribution in [1.82, 2.24) is 0 Å². The Hall–Kier alpha value is -0.540. The molecule has 0 amide bonds. The highest BCUT2D eigenvalue weighted by Gasteiger charge is 1.94. The fourth-order valence-electron chi connectivity index (χ4n) is 0.626. The molecule has 1 aromatic carbocycles. The van der Waals surface area contributed by atoms with E-state index in [0.717, 1.165) is 0 Å². The van der Waals surface area contributed by atoms with E-state index in [4.69, 9.17) is 15.8 Å². The fraction of sp³-hybridized carbons (Fsp3) is 0.143. The molecule has 0 aliphatic carbocycles. The Balaban J connectivity index is 2.74. The SMILES string of the molecule is CS(=O)Oc1ccc(Cl)cc1. The lowest BCUT2D eigenvalue weighted by Gasteiger charge is -1.99. The van der Waals surface area contributed by atoms with Crippen LogP contribution in [-0.2, 0) is 11.1 Å². The largest absolute Gasteiger partial charge is 0.401 e. The molecule has 0 aliphatic rings. The summed E-state index contributed by atoms with van der Waals surface area (Å²) < 4.78 is 15.4. The Morgan fingerprint density at radius 2 is 1.91 bits per heavy atom. The smallest absolute Gasteiger partial charge is 0.203 e. The highest BCUT2D eigenvalue weighted by atomic mass is 35.5. The van der Waals surface area contributed by atoms with Crippen LogP contribution in [-0.4, -0.2) is 10.5 Å². The van der Waals surface area contributed by atoms with E-state index >= 15 is 0 Å². The number of halogens is 1. The third-order valence-electron chi connectivity index (χ3n) is 1.03. The van der Waals surface area contributed by atoms with Gasteiger partial charge < -0.3 is 4.18 Å². The molecule has 2 nitrogen and oxygen atoms in total. The quantitative estimate of drug-likeness (QED) is 0.713. The van der Waals surface area contributed by atoms with Crippen LogP contribution in [0.15, 0.2) is 24.3 Å². The van der Waals surface area contributed by atoms with Crippen molar-refractivity contribution in [3.05, 3.63) is 29.3 Å². The van der Waals surface area contributed by atoms with Gasteiger partial charge in [0.1, 0.15) is 5.75 Å². The van der Waals surface area contributed by atoms with Gasteiger partial charge in [0, 0.05) is 11.3 Å². The molecule has 1 rings (SSSR count). The van der Waals surface area contributed by atoms with Crippen LogP contribution < -0.4 is 4.18 Å². The second kappa shape index (κ2) is 3.74. The van der Waals surface area contributed by atoms with Crippen LogP contribution in [0.3, 0.4) is 0 Å². The van der Waals surface area contributed by atoms with E-state index in [-0.39, 0.29) is 0 Å². The minimum atomic E-state index is -1.27. The van der Waals surface area contributed by atoms with Crippen molar-refractivity contribution in [3.8, 4) is 5.75 Å². The zero-order valence-corrected chi connectivity index (χ0v) is 7.48. The van der Waals surface area contributed by atoms with Crippen LogP contribution in [0.5, 0.6) is 5.75 Å². The predicted octanol–water partition coefficient (Wildman–Crippen LogP) is 2.01. The Morgan fingerprint density at radius 1 is 1.36 bits per heavy atom. The molecule has 0 aromatic heterocycles. The molecule has 1 unspecified atom stereocenters. The van der Waals surface area contributed by atoms with E-state index in [9.17, 15) is 4.21 Å². The van der Waals surface area contributed by atoms with Gasteiger partial charge >= 0.3 is 0 Å².